The summed E-state index contributed by atoms with van der Waals surface area (Å²) in [5, 5.41) is 6.39. The first-order valence-corrected chi connectivity index (χ1v) is 8.58. The molecule has 2 aromatic rings. The highest BCUT2D eigenvalue weighted by Gasteiger charge is 2.23. The van der Waals surface area contributed by atoms with Crippen LogP contribution in [0, 0.1) is 5.92 Å². The summed E-state index contributed by atoms with van der Waals surface area (Å²) < 4.78 is 5.96. The van der Waals surface area contributed by atoms with Crippen molar-refractivity contribution in [1.82, 2.24) is 10.6 Å². The predicted molar refractivity (Wildman–Crippen MR) is 102 cm³/mol. The minimum Gasteiger partial charge on any atom is -0.476 e. The van der Waals surface area contributed by atoms with E-state index in [0.717, 1.165) is 25.1 Å². The molecule has 1 fully saturated rings. The molecule has 3 rings (SSSR count). The van der Waals surface area contributed by atoms with Gasteiger partial charge in [0.25, 0.3) is 5.91 Å². The second-order valence-electron chi connectivity index (χ2n) is 6.16. The first-order chi connectivity index (χ1) is 11.8. The molecule has 0 radical (unpaired) electrons. The van der Waals surface area contributed by atoms with E-state index < -0.39 is 6.10 Å². The molecule has 0 aromatic heterocycles. The fourth-order valence-electron chi connectivity index (χ4n) is 2.99. The van der Waals surface area contributed by atoms with Gasteiger partial charge in [-0.05, 0) is 44.0 Å². The maximum Gasteiger partial charge on any atom is 0.265 e. The molecule has 2 atom stereocenters. The molecule has 2 N–H and O–H groups in total. The average Bonchev–Trinajstić information content (AvgIpc) is 3.15. The summed E-state index contributed by atoms with van der Waals surface area (Å²) in [6.07, 6.45) is 1.57. The molecule has 5 heteroatoms. The zero-order chi connectivity index (χ0) is 16.6. The highest BCUT2D eigenvalue weighted by atomic mass is 35.5. The van der Waals surface area contributed by atoms with Gasteiger partial charge in [0, 0.05) is 12.1 Å². The Kier molecular flexibility index (Phi) is 7.76. The summed E-state index contributed by atoms with van der Waals surface area (Å²) in [5.74, 6) is 1.27. The van der Waals surface area contributed by atoms with Crippen molar-refractivity contribution in [1.29, 1.82) is 0 Å². The van der Waals surface area contributed by atoms with Crippen molar-refractivity contribution in [2.75, 3.05) is 19.6 Å². The van der Waals surface area contributed by atoms with E-state index in [2.05, 4.69) is 10.6 Å². The molecule has 0 bridgehead atoms. The van der Waals surface area contributed by atoms with E-state index in [1.54, 1.807) is 0 Å². The molecule has 1 aliphatic rings. The third kappa shape index (κ3) is 5.76. The SMILES string of the molecule is Cl.O=C(NCCC1CCNC1)C(Oc1ccccc1)c1ccccc1. The largest absolute Gasteiger partial charge is 0.476 e. The number of hydrogen-bond acceptors (Lipinski definition) is 3. The van der Waals surface area contributed by atoms with Gasteiger partial charge in [-0.1, -0.05) is 48.5 Å². The van der Waals surface area contributed by atoms with Gasteiger partial charge in [0.1, 0.15) is 5.75 Å². The average molecular weight is 361 g/mol. The molecular formula is C20H25ClN2O2. The first kappa shape index (κ1) is 19.3. The Morgan fingerprint density at radius 2 is 1.80 bits per heavy atom. The smallest absolute Gasteiger partial charge is 0.265 e. The molecule has 2 unspecified atom stereocenters. The number of ether oxygens (including phenoxy) is 1. The van der Waals surface area contributed by atoms with Crippen molar-refractivity contribution in [3.8, 4) is 5.75 Å². The minimum absolute atomic E-state index is 0. The molecular weight excluding hydrogens is 336 g/mol. The molecule has 1 heterocycles. The molecule has 1 aliphatic heterocycles. The van der Waals surface area contributed by atoms with Crippen molar-refractivity contribution < 1.29 is 9.53 Å². The standard InChI is InChI=1S/C20H24N2O2.ClH/c23-20(22-14-12-16-11-13-21-15-16)19(17-7-3-1-4-8-17)24-18-9-5-2-6-10-18;/h1-10,16,19,21H,11-15H2,(H,22,23);1H. The van der Waals surface area contributed by atoms with Gasteiger partial charge in [0.15, 0.2) is 0 Å². The van der Waals surface area contributed by atoms with Gasteiger partial charge < -0.3 is 15.4 Å². The van der Waals surface area contributed by atoms with Crippen LogP contribution >= 0.6 is 12.4 Å². The van der Waals surface area contributed by atoms with Gasteiger partial charge in [-0.25, -0.2) is 0 Å². The molecule has 4 nitrogen and oxygen atoms in total. The van der Waals surface area contributed by atoms with Crippen LogP contribution in [0.15, 0.2) is 60.7 Å². The van der Waals surface area contributed by atoms with E-state index in [9.17, 15) is 4.79 Å². The number of amides is 1. The van der Waals surface area contributed by atoms with Crippen LogP contribution in [0.3, 0.4) is 0 Å². The molecule has 134 valence electrons. The number of nitrogens with one attached hydrogen (secondary N) is 2. The lowest BCUT2D eigenvalue weighted by molar-refractivity contribution is -0.128. The third-order valence-electron chi connectivity index (χ3n) is 4.35. The van der Waals surface area contributed by atoms with E-state index in [1.165, 1.54) is 6.42 Å². The zero-order valence-electron chi connectivity index (χ0n) is 14.2. The number of halogens is 1. The highest BCUT2D eigenvalue weighted by molar-refractivity contribution is 5.85. The van der Waals surface area contributed by atoms with Crippen LogP contribution in [0.25, 0.3) is 0 Å². The monoisotopic (exact) mass is 360 g/mol. The normalized spacial score (nSPS) is 17.4. The van der Waals surface area contributed by atoms with Gasteiger partial charge in [0.05, 0.1) is 0 Å². The maximum absolute atomic E-state index is 12.7. The summed E-state index contributed by atoms with van der Waals surface area (Å²) in [5.41, 5.74) is 0.862. The molecule has 0 spiro atoms. The molecule has 1 saturated heterocycles. The van der Waals surface area contributed by atoms with E-state index in [0.29, 0.717) is 18.2 Å². The zero-order valence-corrected chi connectivity index (χ0v) is 15.0. The van der Waals surface area contributed by atoms with Crippen LogP contribution in [-0.4, -0.2) is 25.5 Å². The molecule has 25 heavy (non-hydrogen) atoms. The Balaban J connectivity index is 0.00000225. The van der Waals surface area contributed by atoms with Crippen LogP contribution in [-0.2, 0) is 4.79 Å². The molecule has 2 aromatic carbocycles. The van der Waals surface area contributed by atoms with E-state index in [4.69, 9.17) is 4.74 Å². The van der Waals surface area contributed by atoms with Crippen molar-refractivity contribution in [2.45, 2.75) is 18.9 Å². The number of rotatable bonds is 7. The number of para-hydroxylation sites is 1. The third-order valence-corrected chi connectivity index (χ3v) is 4.35. The summed E-state index contributed by atoms with van der Waals surface area (Å²) in [6.45, 7) is 2.83. The summed E-state index contributed by atoms with van der Waals surface area (Å²) in [6, 6.07) is 19.1. The van der Waals surface area contributed by atoms with Gasteiger partial charge in [-0.3, -0.25) is 4.79 Å². The lowest BCUT2D eigenvalue weighted by atomic mass is 10.0. The van der Waals surface area contributed by atoms with Crippen molar-refractivity contribution in [3.05, 3.63) is 66.2 Å². The Labute approximate surface area is 155 Å². The van der Waals surface area contributed by atoms with Crippen LogP contribution in [0.2, 0.25) is 0 Å². The Hall–Kier alpha value is -2.04. The number of benzene rings is 2. The number of carbonyl (C=O) groups excluding carboxylic acids is 1. The van der Waals surface area contributed by atoms with E-state index in [1.807, 2.05) is 60.7 Å². The summed E-state index contributed by atoms with van der Waals surface area (Å²) in [4.78, 5) is 12.7. The highest BCUT2D eigenvalue weighted by Crippen LogP contribution is 2.22. The van der Waals surface area contributed by atoms with Crippen LogP contribution in [0.1, 0.15) is 24.5 Å². The van der Waals surface area contributed by atoms with Gasteiger partial charge in [0.2, 0.25) is 6.10 Å². The Bertz CT molecular complexity index is 631. The Morgan fingerprint density at radius 1 is 1.12 bits per heavy atom. The van der Waals surface area contributed by atoms with Gasteiger partial charge in [-0.2, -0.15) is 0 Å². The summed E-state index contributed by atoms with van der Waals surface area (Å²) in [7, 11) is 0. The minimum atomic E-state index is -0.629. The summed E-state index contributed by atoms with van der Waals surface area (Å²) >= 11 is 0. The molecule has 0 saturated carbocycles. The van der Waals surface area contributed by atoms with Gasteiger partial charge in [-0.15, -0.1) is 12.4 Å². The van der Waals surface area contributed by atoms with Crippen molar-refractivity contribution in [2.24, 2.45) is 5.92 Å². The van der Waals surface area contributed by atoms with Crippen LogP contribution in [0.5, 0.6) is 5.75 Å². The molecule has 1 amide bonds. The molecule has 0 aliphatic carbocycles. The fraction of sp³-hybridized carbons (Fsp3) is 0.350. The fourth-order valence-corrected chi connectivity index (χ4v) is 2.99. The van der Waals surface area contributed by atoms with E-state index in [-0.39, 0.29) is 18.3 Å². The number of hydrogen-bond donors (Lipinski definition) is 2. The Morgan fingerprint density at radius 3 is 2.44 bits per heavy atom. The second kappa shape index (κ2) is 10.1. The van der Waals surface area contributed by atoms with Crippen molar-refractivity contribution >= 4 is 18.3 Å². The van der Waals surface area contributed by atoms with Crippen LogP contribution < -0.4 is 15.4 Å². The maximum atomic E-state index is 12.7. The topological polar surface area (TPSA) is 50.4 Å². The van der Waals surface area contributed by atoms with Crippen LogP contribution in [0.4, 0.5) is 0 Å². The quantitative estimate of drug-likeness (QED) is 0.796. The van der Waals surface area contributed by atoms with Gasteiger partial charge >= 0.3 is 0 Å². The number of carbonyl (C=O) groups is 1. The lowest BCUT2D eigenvalue weighted by Crippen LogP contribution is -2.34. The van der Waals surface area contributed by atoms with Crippen molar-refractivity contribution in [3.63, 3.8) is 0 Å². The lowest BCUT2D eigenvalue weighted by Gasteiger charge is -2.19. The second-order valence-corrected chi connectivity index (χ2v) is 6.16. The first-order valence-electron chi connectivity index (χ1n) is 8.58. The predicted octanol–water partition coefficient (Wildman–Crippen LogP) is 3.34. The van der Waals surface area contributed by atoms with E-state index >= 15 is 0 Å².